The Morgan fingerprint density at radius 2 is 2.12 bits per heavy atom. The van der Waals surface area contributed by atoms with E-state index in [1.165, 1.54) is 11.5 Å². The molecule has 0 spiro atoms. The Hall–Kier alpha value is -0.420. The number of alkyl carbamates (subject to hydrolysis) is 1. The van der Waals surface area contributed by atoms with E-state index < -0.39 is 5.60 Å². The van der Waals surface area contributed by atoms with E-state index in [2.05, 4.69) is 10.6 Å². The van der Waals surface area contributed by atoms with Crippen LogP contribution in [0.3, 0.4) is 0 Å². The highest BCUT2D eigenvalue weighted by atomic mass is 32.2. The number of hydrogen-bond donors (Lipinski definition) is 2. The Kier molecular flexibility index (Phi) is 4.92. The molecule has 0 bridgehead atoms. The smallest absolute Gasteiger partial charge is 0.407 e. The first-order valence-corrected chi connectivity index (χ1v) is 6.83. The lowest BCUT2D eigenvalue weighted by Gasteiger charge is -2.28. The summed E-state index contributed by atoms with van der Waals surface area (Å²) in [6.07, 6.45) is -0.343. The van der Waals surface area contributed by atoms with Gasteiger partial charge in [-0.05, 0) is 27.7 Å². The fourth-order valence-corrected chi connectivity index (χ4v) is 1.96. The number of carbonyl (C=O) groups is 1. The van der Waals surface area contributed by atoms with E-state index in [0.29, 0.717) is 6.04 Å². The number of thioether (sulfide) groups is 1. The fraction of sp³-hybridized carbons (Fsp3) is 0.909. The van der Waals surface area contributed by atoms with Crippen LogP contribution in [0.4, 0.5) is 4.79 Å². The van der Waals surface area contributed by atoms with Gasteiger partial charge in [0.1, 0.15) is 5.60 Å². The molecule has 16 heavy (non-hydrogen) atoms. The van der Waals surface area contributed by atoms with Crippen molar-refractivity contribution in [1.82, 2.24) is 10.6 Å². The highest BCUT2D eigenvalue weighted by Gasteiger charge is 2.20. The number of ether oxygens (including phenoxy) is 1. The van der Waals surface area contributed by atoms with Crippen LogP contribution in [-0.4, -0.2) is 41.8 Å². The van der Waals surface area contributed by atoms with Gasteiger partial charge in [-0.3, -0.25) is 0 Å². The summed E-state index contributed by atoms with van der Waals surface area (Å²) in [5, 5.41) is 6.21. The third kappa shape index (κ3) is 5.61. The predicted molar refractivity (Wildman–Crippen MR) is 67.9 cm³/mol. The van der Waals surface area contributed by atoms with Gasteiger partial charge in [-0.25, -0.2) is 4.79 Å². The molecule has 1 unspecified atom stereocenters. The zero-order chi connectivity index (χ0) is 12.2. The van der Waals surface area contributed by atoms with Crippen LogP contribution in [0.25, 0.3) is 0 Å². The average Bonchev–Trinajstić information content (AvgIpc) is 1.96. The molecule has 2 N–H and O–H groups in total. The van der Waals surface area contributed by atoms with Crippen molar-refractivity contribution in [3.8, 4) is 0 Å². The van der Waals surface area contributed by atoms with Crippen LogP contribution in [0, 0.1) is 0 Å². The molecule has 0 aromatic rings. The normalized spacial score (nSPS) is 18.8. The van der Waals surface area contributed by atoms with Crippen molar-refractivity contribution in [3.63, 3.8) is 0 Å². The van der Waals surface area contributed by atoms with E-state index >= 15 is 0 Å². The largest absolute Gasteiger partial charge is 0.444 e. The molecule has 1 fully saturated rings. The minimum Gasteiger partial charge on any atom is -0.444 e. The molecule has 1 saturated heterocycles. The molecule has 1 rings (SSSR count). The lowest BCUT2D eigenvalue weighted by atomic mass is 10.2. The Balaban J connectivity index is 2.12. The predicted octanol–water partition coefficient (Wildman–Crippen LogP) is 1.60. The van der Waals surface area contributed by atoms with Gasteiger partial charge in [-0.2, -0.15) is 11.8 Å². The molecule has 1 amide bonds. The molecule has 0 aromatic heterocycles. The molecular formula is C11H22N2O2S. The minimum absolute atomic E-state index is 0.0976. The summed E-state index contributed by atoms with van der Waals surface area (Å²) in [5.41, 5.74) is -0.429. The molecule has 1 aliphatic heterocycles. The fourth-order valence-electron chi connectivity index (χ4n) is 1.26. The summed E-state index contributed by atoms with van der Waals surface area (Å²) in [6.45, 7) is 8.36. The number of amides is 1. The maximum absolute atomic E-state index is 11.4. The van der Waals surface area contributed by atoms with Crippen molar-refractivity contribution in [1.29, 1.82) is 0 Å². The second-order valence-corrected chi connectivity index (χ2v) is 6.26. The summed E-state index contributed by atoms with van der Waals surface area (Å²) in [5.74, 6) is 2.36. The maximum atomic E-state index is 11.4. The molecule has 1 aliphatic rings. The summed E-state index contributed by atoms with van der Waals surface area (Å²) < 4.78 is 5.17. The summed E-state index contributed by atoms with van der Waals surface area (Å²) >= 11 is 1.94. The second kappa shape index (κ2) is 5.77. The number of rotatable bonds is 4. The van der Waals surface area contributed by atoms with Gasteiger partial charge in [0.15, 0.2) is 0 Å². The maximum Gasteiger partial charge on any atom is 0.407 e. The molecule has 5 heteroatoms. The first kappa shape index (κ1) is 13.6. The number of carbonyl (C=O) groups excluding carboxylic acids is 1. The highest BCUT2D eigenvalue weighted by Crippen LogP contribution is 2.16. The van der Waals surface area contributed by atoms with Crippen LogP contribution in [-0.2, 0) is 4.74 Å². The van der Waals surface area contributed by atoms with Gasteiger partial charge >= 0.3 is 6.09 Å². The first-order valence-electron chi connectivity index (χ1n) is 5.67. The molecule has 1 atom stereocenters. The van der Waals surface area contributed by atoms with Crippen LogP contribution in [0.5, 0.6) is 0 Å². The molecular weight excluding hydrogens is 224 g/mol. The second-order valence-electron chi connectivity index (χ2n) is 5.19. The lowest BCUT2D eigenvalue weighted by Crippen LogP contribution is -2.48. The van der Waals surface area contributed by atoms with E-state index in [1.54, 1.807) is 0 Å². The van der Waals surface area contributed by atoms with Crippen molar-refractivity contribution >= 4 is 17.9 Å². The Morgan fingerprint density at radius 3 is 2.56 bits per heavy atom. The van der Waals surface area contributed by atoms with Crippen molar-refractivity contribution in [2.45, 2.75) is 45.4 Å². The van der Waals surface area contributed by atoms with Crippen LogP contribution >= 0.6 is 11.8 Å². The molecule has 0 aliphatic carbocycles. The van der Waals surface area contributed by atoms with Crippen molar-refractivity contribution < 1.29 is 9.53 Å². The average molecular weight is 246 g/mol. The van der Waals surface area contributed by atoms with E-state index in [4.69, 9.17) is 4.74 Å². The van der Waals surface area contributed by atoms with Gasteiger partial charge < -0.3 is 15.4 Å². The highest BCUT2D eigenvalue weighted by molar-refractivity contribution is 8.00. The number of nitrogens with one attached hydrogen (secondary N) is 2. The van der Waals surface area contributed by atoms with E-state index in [-0.39, 0.29) is 12.1 Å². The van der Waals surface area contributed by atoms with Gasteiger partial charge in [0, 0.05) is 30.1 Å². The quantitative estimate of drug-likeness (QED) is 0.791. The van der Waals surface area contributed by atoms with E-state index in [1.807, 2.05) is 39.5 Å². The molecule has 0 aromatic carbocycles. The van der Waals surface area contributed by atoms with Gasteiger partial charge in [-0.15, -0.1) is 0 Å². The summed E-state index contributed by atoms with van der Waals surface area (Å²) in [7, 11) is 0. The standard InChI is InChI=1S/C11H22N2O2S/c1-8(5-12-9-6-16-7-9)13-10(14)15-11(2,3)4/h8-9,12H,5-7H2,1-4H3,(H,13,14). The topological polar surface area (TPSA) is 50.4 Å². The third-order valence-corrected chi connectivity index (χ3v) is 3.39. The zero-order valence-corrected chi connectivity index (χ0v) is 11.3. The summed E-state index contributed by atoms with van der Waals surface area (Å²) in [6, 6.07) is 0.716. The van der Waals surface area contributed by atoms with E-state index in [0.717, 1.165) is 6.54 Å². The molecule has 0 saturated carbocycles. The molecule has 0 radical (unpaired) electrons. The SMILES string of the molecule is CC(CNC1CSC1)NC(=O)OC(C)(C)C. The van der Waals surface area contributed by atoms with Crippen LogP contribution in [0.2, 0.25) is 0 Å². The Morgan fingerprint density at radius 1 is 1.50 bits per heavy atom. The monoisotopic (exact) mass is 246 g/mol. The molecule has 94 valence electrons. The van der Waals surface area contributed by atoms with Crippen molar-refractivity contribution in [2.24, 2.45) is 0 Å². The van der Waals surface area contributed by atoms with Crippen LogP contribution in [0.15, 0.2) is 0 Å². The first-order chi connectivity index (χ1) is 7.37. The van der Waals surface area contributed by atoms with Crippen molar-refractivity contribution in [3.05, 3.63) is 0 Å². The van der Waals surface area contributed by atoms with Gasteiger partial charge in [-0.1, -0.05) is 0 Å². The third-order valence-electron chi connectivity index (χ3n) is 2.11. The van der Waals surface area contributed by atoms with Crippen LogP contribution in [0.1, 0.15) is 27.7 Å². The van der Waals surface area contributed by atoms with Crippen LogP contribution < -0.4 is 10.6 Å². The van der Waals surface area contributed by atoms with Gasteiger partial charge in [0.05, 0.1) is 0 Å². The lowest BCUT2D eigenvalue weighted by molar-refractivity contribution is 0.0508. The minimum atomic E-state index is -0.429. The van der Waals surface area contributed by atoms with Crippen molar-refractivity contribution in [2.75, 3.05) is 18.1 Å². The zero-order valence-electron chi connectivity index (χ0n) is 10.5. The van der Waals surface area contributed by atoms with Gasteiger partial charge in [0.25, 0.3) is 0 Å². The van der Waals surface area contributed by atoms with Gasteiger partial charge in [0.2, 0.25) is 0 Å². The Bertz CT molecular complexity index is 237. The van der Waals surface area contributed by atoms with E-state index in [9.17, 15) is 4.79 Å². The Labute approximate surface area is 102 Å². The molecule has 1 heterocycles. The molecule has 4 nitrogen and oxygen atoms in total. The summed E-state index contributed by atoms with van der Waals surface area (Å²) in [4.78, 5) is 11.4. The number of hydrogen-bond acceptors (Lipinski definition) is 4.